The standard InChI is InChI=1S/C16H22N2/c1-12-3-4-14(15-5-8-17-16(12)15)11-13-6-9-18(2)10-7-13/h3-5,8,13,17H,6-7,9-11H2,1-2H3. The third-order valence-corrected chi connectivity index (χ3v) is 4.37. The molecule has 1 aliphatic rings. The highest BCUT2D eigenvalue weighted by Gasteiger charge is 2.18. The maximum atomic E-state index is 3.36. The maximum absolute atomic E-state index is 3.36. The molecule has 0 saturated carbocycles. The van der Waals surface area contributed by atoms with Crippen molar-refractivity contribution in [2.24, 2.45) is 5.92 Å². The van der Waals surface area contributed by atoms with E-state index >= 15 is 0 Å². The van der Waals surface area contributed by atoms with Crippen LogP contribution in [0.15, 0.2) is 24.4 Å². The summed E-state index contributed by atoms with van der Waals surface area (Å²) in [4.78, 5) is 5.81. The molecule has 1 N–H and O–H groups in total. The van der Waals surface area contributed by atoms with Gasteiger partial charge in [-0.3, -0.25) is 0 Å². The second-order valence-corrected chi connectivity index (χ2v) is 5.76. The predicted molar refractivity (Wildman–Crippen MR) is 77.0 cm³/mol. The van der Waals surface area contributed by atoms with Crippen LogP contribution in [-0.4, -0.2) is 30.0 Å². The number of aromatic nitrogens is 1. The Hall–Kier alpha value is -1.28. The van der Waals surface area contributed by atoms with Crippen molar-refractivity contribution in [3.8, 4) is 0 Å². The summed E-state index contributed by atoms with van der Waals surface area (Å²) in [5.74, 6) is 0.863. The molecule has 96 valence electrons. The molecule has 0 aliphatic carbocycles. The van der Waals surface area contributed by atoms with Gasteiger partial charge in [-0.05, 0) is 69.4 Å². The van der Waals surface area contributed by atoms with Crippen molar-refractivity contribution < 1.29 is 0 Å². The Balaban J connectivity index is 1.82. The summed E-state index contributed by atoms with van der Waals surface area (Å²) in [5.41, 5.74) is 4.19. The lowest BCUT2D eigenvalue weighted by molar-refractivity contribution is 0.219. The second kappa shape index (κ2) is 4.77. The Morgan fingerprint density at radius 1 is 1.22 bits per heavy atom. The molecule has 2 heteroatoms. The molecule has 1 fully saturated rings. The molecule has 18 heavy (non-hydrogen) atoms. The van der Waals surface area contributed by atoms with Crippen molar-refractivity contribution in [1.82, 2.24) is 9.88 Å². The van der Waals surface area contributed by atoms with Crippen molar-refractivity contribution in [2.45, 2.75) is 26.2 Å². The fourth-order valence-electron chi connectivity index (χ4n) is 3.12. The first-order chi connectivity index (χ1) is 8.74. The van der Waals surface area contributed by atoms with Crippen LogP contribution >= 0.6 is 0 Å². The van der Waals surface area contributed by atoms with E-state index in [9.17, 15) is 0 Å². The van der Waals surface area contributed by atoms with E-state index in [0.717, 1.165) is 5.92 Å². The quantitative estimate of drug-likeness (QED) is 0.855. The van der Waals surface area contributed by atoms with Gasteiger partial charge in [-0.1, -0.05) is 12.1 Å². The Morgan fingerprint density at radius 2 is 2.00 bits per heavy atom. The van der Waals surface area contributed by atoms with Gasteiger partial charge in [-0.15, -0.1) is 0 Å². The van der Waals surface area contributed by atoms with Gasteiger partial charge in [0.1, 0.15) is 0 Å². The molecule has 3 rings (SSSR count). The second-order valence-electron chi connectivity index (χ2n) is 5.76. The molecule has 0 amide bonds. The van der Waals surface area contributed by atoms with Gasteiger partial charge < -0.3 is 9.88 Å². The van der Waals surface area contributed by atoms with Crippen molar-refractivity contribution in [3.63, 3.8) is 0 Å². The third kappa shape index (κ3) is 2.17. The lowest BCUT2D eigenvalue weighted by atomic mass is 9.89. The number of benzene rings is 1. The summed E-state index contributed by atoms with van der Waals surface area (Å²) in [6, 6.07) is 6.81. The SMILES string of the molecule is Cc1ccc(CC2CCN(C)CC2)c2cc[nH]c12. The maximum Gasteiger partial charge on any atom is 0.0486 e. The highest BCUT2D eigenvalue weighted by molar-refractivity contribution is 5.85. The van der Waals surface area contributed by atoms with Crippen LogP contribution in [0.25, 0.3) is 10.9 Å². The van der Waals surface area contributed by atoms with E-state index in [1.165, 1.54) is 54.4 Å². The number of aryl methyl sites for hydroxylation is 1. The van der Waals surface area contributed by atoms with Gasteiger partial charge in [-0.2, -0.15) is 0 Å². The lowest BCUT2D eigenvalue weighted by Gasteiger charge is -2.29. The smallest absolute Gasteiger partial charge is 0.0486 e. The zero-order chi connectivity index (χ0) is 12.5. The van der Waals surface area contributed by atoms with Crippen LogP contribution in [0.5, 0.6) is 0 Å². The number of rotatable bonds is 2. The first-order valence-corrected chi connectivity index (χ1v) is 6.98. The normalized spacial score (nSPS) is 18.6. The number of nitrogens with zero attached hydrogens (tertiary/aromatic N) is 1. The number of fused-ring (bicyclic) bond motifs is 1. The van der Waals surface area contributed by atoms with Crippen LogP contribution in [0.3, 0.4) is 0 Å². The summed E-state index contributed by atoms with van der Waals surface area (Å²) in [6.07, 6.45) is 5.99. The molecule has 2 nitrogen and oxygen atoms in total. The van der Waals surface area contributed by atoms with Gasteiger partial charge in [0.25, 0.3) is 0 Å². The number of aromatic amines is 1. The van der Waals surface area contributed by atoms with E-state index < -0.39 is 0 Å². The van der Waals surface area contributed by atoms with Crippen LogP contribution in [-0.2, 0) is 6.42 Å². The largest absolute Gasteiger partial charge is 0.361 e. The summed E-state index contributed by atoms with van der Waals surface area (Å²) in [7, 11) is 2.23. The molecule has 0 bridgehead atoms. The third-order valence-electron chi connectivity index (χ3n) is 4.37. The van der Waals surface area contributed by atoms with Crippen LogP contribution in [0, 0.1) is 12.8 Å². The zero-order valence-electron chi connectivity index (χ0n) is 11.4. The minimum absolute atomic E-state index is 0.863. The van der Waals surface area contributed by atoms with Gasteiger partial charge in [0, 0.05) is 17.1 Å². The Labute approximate surface area is 109 Å². The lowest BCUT2D eigenvalue weighted by Crippen LogP contribution is -2.30. The highest BCUT2D eigenvalue weighted by atomic mass is 15.1. The van der Waals surface area contributed by atoms with Crippen LogP contribution < -0.4 is 0 Å². The summed E-state index contributed by atoms with van der Waals surface area (Å²) < 4.78 is 0. The molecular formula is C16H22N2. The van der Waals surface area contributed by atoms with Gasteiger partial charge in [0.15, 0.2) is 0 Å². The van der Waals surface area contributed by atoms with E-state index in [1.54, 1.807) is 0 Å². The number of hydrogen-bond acceptors (Lipinski definition) is 1. The first kappa shape index (κ1) is 11.8. The molecule has 2 aromatic rings. The molecule has 0 atom stereocenters. The van der Waals surface area contributed by atoms with Crippen molar-refractivity contribution in [1.29, 1.82) is 0 Å². The molecule has 2 heterocycles. The first-order valence-electron chi connectivity index (χ1n) is 6.98. The van der Waals surface area contributed by atoms with Gasteiger partial charge in [-0.25, -0.2) is 0 Å². The van der Waals surface area contributed by atoms with Crippen LogP contribution in [0.4, 0.5) is 0 Å². The fraction of sp³-hybridized carbons (Fsp3) is 0.500. The summed E-state index contributed by atoms with van der Waals surface area (Å²) in [6.45, 7) is 4.69. The average molecular weight is 242 g/mol. The monoisotopic (exact) mass is 242 g/mol. The number of H-pyrrole nitrogens is 1. The van der Waals surface area contributed by atoms with Crippen LogP contribution in [0.2, 0.25) is 0 Å². The Bertz CT molecular complexity index is 533. The minimum atomic E-state index is 0.863. The molecular weight excluding hydrogens is 220 g/mol. The number of likely N-dealkylation sites (tertiary alicyclic amines) is 1. The van der Waals surface area contributed by atoms with E-state index in [-0.39, 0.29) is 0 Å². The van der Waals surface area contributed by atoms with Gasteiger partial charge >= 0.3 is 0 Å². The molecule has 0 unspecified atom stereocenters. The molecule has 1 aromatic heterocycles. The topological polar surface area (TPSA) is 19.0 Å². The number of piperidine rings is 1. The van der Waals surface area contributed by atoms with Gasteiger partial charge in [0.2, 0.25) is 0 Å². The average Bonchev–Trinajstić information content (AvgIpc) is 2.86. The van der Waals surface area contributed by atoms with E-state index in [0.29, 0.717) is 0 Å². The molecule has 1 aromatic carbocycles. The van der Waals surface area contributed by atoms with E-state index in [1.807, 2.05) is 0 Å². The van der Waals surface area contributed by atoms with Crippen molar-refractivity contribution in [2.75, 3.05) is 20.1 Å². The summed E-state index contributed by atoms with van der Waals surface area (Å²) >= 11 is 0. The van der Waals surface area contributed by atoms with Gasteiger partial charge in [0.05, 0.1) is 0 Å². The Morgan fingerprint density at radius 3 is 2.78 bits per heavy atom. The predicted octanol–water partition coefficient (Wildman–Crippen LogP) is 3.36. The van der Waals surface area contributed by atoms with E-state index in [2.05, 4.69) is 48.3 Å². The van der Waals surface area contributed by atoms with Crippen molar-refractivity contribution >= 4 is 10.9 Å². The molecule has 0 radical (unpaired) electrons. The molecule has 1 aliphatic heterocycles. The Kier molecular flexibility index (Phi) is 3.13. The molecule has 0 spiro atoms. The van der Waals surface area contributed by atoms with Crippen LogP contribution in [0.1, 0.15) is 24.0 Å². The van der Waals surface area contributed by atoms with Crippen molar-refractivity contribution in [3.05, 3.63) is 35.5 Å². The zero-order valence-corrected chi connectivity index (χ0v) is 11.4. The molecule has 1 saturated heterocycles. The minimum Gasteiger partial charge on any atom is -0.361 e. The number of nitrogens with one attached hydrogen (secondary N) is 1. The fourth-order valence-corrected chi connectivity index (χ4v) is 3.12. The summed E-state index contributed by atoms with van der Waals surface area (Å²) in [5, 5.41) is 1.42. The van der Waals surface area contributed by atoms with E-state index in [4.69, 9.17) is 0 Å². The number of hydrogen-bond donors (Lipinski definition) is 1. The highest BCUT2D eigenvalue weighted by Crippen LogP contribution is 2.27.